The molecule has 0 saturated carbocycles. The van der Waals surface area contributed by atoms with Crippen molar-refractivity contribution in [1.29, 1.82) is 0 Å². The van der Waals surface area contributed by atoms with Crippen molar-refractivity contribution >= 4 is 23.9 Å². The molecule has 0 amide bonds. The molecule has 1 fully saturated rings. The molecule has 0 aliphatic carbocycles. The van der Waals surface area contributed by atoms with Crippen molar-refractivity contribution in [2.45, 2.75) is 63.8 Å². The average Bonchev–Trinajstić information content (AvgIpc) is 3.34. The Kier molecular flexibility index (Phi) is 11.4. The van der Waals surface area contributed by atoms with Gasteiger partial charge in [0.1, 0.15) is 0 Å². The average molecular weight is 663 g/mol. The fourth-order valence-corrected chi connectivity index (χ4v) is 5.12. The summed E-state index contributed by atoms with van der Waals surface area (Å²) in [5.41, 5.74) is -5.13. The van der Waals surface area contributed by atoms with Gasteiger partial charge in [0, 0.05) is 0 Å². The molecule has 1 N–H and O–H groups in total. The smallest absolute Gasteiger partial charge is 0.416 e. The van der Waals surface area contributed by atoms with Crippen LogP contribution in [0.5, 0.6) is 0 Å². The predicted octanol–water partition coefficient (Wildman–Crippen LogP) is 4.73. The second kappa shape index (κ2) is 14.5. The number of hydrogen-bond acceptors (Lipinski definition) is 10. The molecule has 0 radical (unpaired) electrons. The van der Waals surface area contributed by atoms with E-state index in [0.717, 1.165) is 29.2 Å². The molecule has 1 heterocycles. The van der Waals surface area contributed by atoms with Crippen molar-refractivity contribution < 1.29 is 64.5 Å². The lowest BCUT2D eigenvalue weighted by Crippen LogP contribution is -2.60. The number of nitrogens with zero attached hydrogens (tertiary/aromatic N) is 1. The van der Waals surface area contributed by atoms with Crippen LogP contribution in [0.3, 0.4) is 0 Å². The molecule has 0 bridgehead atoms. The second-order valence-corrected chi connectivity index (χ2v) is 9.79. The Balaban J connectivity index is 2.46. The number of carbonyl (C=O) groups excluding carboxylic acids is 4. The van der Waals surface area contributed by atoms with Gasteiger partial charge in [-0.25, -0.2) is 19.2 Å². The minimum Gasteiger partial charge on any atom is -0.464 e. The number of benzene rings is 2. The molecule has 46 heavy (non-hydrogen) atoms. The number of rotatable bonds is 11. The number of carbonyl (C=O) groups is 4. The van der Waals surface area contributed by atoms with Crippen LogP contribution in [-0.2, 0) is 50.5 Å². The lowest BCUT2D eigenvalue weighted by atomic mass is 9.84. The monoisotopic (exact) mass is 662 g/mol. The van der Waals surface area contributed by atoms with Crippen LogP contribution in [0.4, 0.5) is 26.3 Å². The van der Waals surface area contributed by atoms with E-state index in [-0.39, 0.29) is 37.6 Å². The summed E-state index contributed by atoms with van der Waals surface area (Å²) in [4.78, 5) is 55.5. The molecule has 0 aromatic heterocycles. The third kappa shape index (κ3) is 7.28. The summed E-state index contributed by atoms with van der Waals surface area (Å²) in [5.74, 6) is -5.08. The van der Waals surface area contributed by atoms with E-state index >= 15 is 0 Å². The zero-order chi connectivity index (χ0) is 34.4. The van der Waals surface area contributed by atoms with Gasteiger partial charge in [-0.15, -0.1) is 0 Å². The van der Waals surface area contributed by atoms with Crippen molar-refractivity contribution in [3.05, 3.63) is 70.8 Å². The molecule has 3 rings (SSSR count). The highest BCUT2D eigenvalue weighted by atomic mass is 19.4. The fraction of sp³-hybridized carbons (Fsp3) is 0.467. The third-order valence-corrected chi connectivity index (χ3v) is 6.99. The van der Waals surface area contributed by atoms with Gasteiger partial charge in [0.05, 0.1) is 49.8 Å². The lowest BCUT2D eigenvalue weighted by Gasteiger charge is -2.36. The van der Waals surface area contributed by atoms with Gasteiger partial charge in [-0.2, -0.15) is 26.3 Å². The highest BCUT2D eigenvalue weighted by Crippen LogP contribution is 2.48. The summed E-state index contributed by atoms with van der Waals surface area (Å²) in [6, 6.07) is 2.58. The fourth-order valence-electron chi connectivity index (χ4n) is 5.12. The predicted molar refractivity (Wildman–Crippen MR) is 146 cm³/mol. The van der Waals surface area contributed by atoms with Gasteiger partial charge in [-0.05, 0) is 63.1 Å². The van der Waals surface area contributed by atoms with Crippen LogP contribution in [-0.4, -0.2) is 66.8 Å². The molecule has 10 nitrogen and oxygen atoms in total. The molecule has 0 spiro atoms. The van der Waals surface area contributed by atoms with Crippen LogP contribution in [0.1, 0.15) is 62.2 Å². The number of ether oxygens (including phenoxy) is 4. The summed E-state index contributed by atoms with van der Waals surface area (Å²) in [5, 5.41) is 2.72. The van der Waals surface area contributed by atoms with Crippen LogP contribution in [0.15, 0.2) is 48.5 Å². The van der Waals surface area contributed by atoms with Crippen LogP contribution in [0.2, 0.25) is 0 Å². The SMILES string of the molecule is CCOC(=O)C(C(=O)OCC)N1[C@@H](c2ccc(C(F)(F)F)cc2)NC(C(=O)OCC)(C(=O)OCC)[C@H]1c1ccc(C(F)(F)F)cc1. The van der Waals surface area contributed by atoms with Crippen molar-refractivity contribution in [3.8, 4) is 0 Å². The Labute approximate surface area is 259 Å². The molecule has 1 saturated heterocycles. The molecule has 0 unspecified atom stereocenters. The van der Waals surface area contributed by atoms with Crippen molar-refractivity contribution in [1.82, 2.24) is 10.2 Å². The molecule has 252 valence electrons. The lowest BCUT2D eigenvalue weighted by molar-refractivity contribution is -0.172. The van der Waals surface area contributed by atoms with Crippen molar-refractivity contribution in [2.24, 2.45) is 0 Å². The first kappa shape index (κ1) is 36.3. The summed E-state index contributed by atoms with van der Waals surface area (Å²) >= 11 is 0. The van der Waals surface area contributed by atoms with Gasteiger partial charge >= 0.3 is 36.2 Å². The van der Waals surface area contributed by atoms with E-state index in [1.165, 1.54) is 27.7 Å². The quantitative estimate of drug-likeness (QED) is 0.157. The Hall–Kier alpha value is -4.18. The van der Waals surface area contributed by atoms with E-state index in [1.54, 1.807) is 0 Å². The summed E-state index contributed by atoms with van der Waals surface area (Å²) in [6.45, 7) is 4.54. The molecule has 16 heteroatoms. The largest absolute Gasteiger partial charge is 0.464 e. The van der Waals surface area contributed by atoms with Crippen molar-refractivity contribution in [2.75, 3.05) is 26.4 Å². The Bertz CT molecular complexity index is 1360. The minimum absolute atomic E-state index is 0.0843. The number of alkyl halides is 6. The first-order chi connectivity index (χ1) is 21.6. The van der Waals surface area contributed by atoms with Gasteiger partial charge in [-0.1, -0.05) is 24.3 Å². The topological polar surface area (TPSA) is 120 Å². The molecule has 1 aliphatic heterocycles. The Morgan fingerprint density at radius 3 is 1.39 bits per heavy atom. The maximum Gasteiger partial charge on any atom is 0.416 e. The van der Waals surface area contributed by atoms with Gasteiger partial charge < -0.3 is 18.9 Å². The minimum atomic E-state index is -4.79. The maximum absolute atomic E-state index is 13.8. The van der Waals surface area contributed by atoms with Crippen LogP contribution >= 0.6 is 0 Å². The van der Waals surface area contributed by atoms with Gasteiger partial charge in [0.25, 0.3) is 0 Å². The highest BCUT2D eigenvalue weighted by molar-refractivity contribution is 6.07. The first-order valence-electron chi connectivity index (χ1n) is 14.1. The van der Waals surface area contributed by atoms with E-state index < -0.39 is 71.1 Å². The Morgan fingerprint density at radius 2 is 1.04 bits per heavy atom. The molecule has 2 aromatic carbocycles. The van der Waals surface area contributed by atoms with E-state index in [4.69, 9.17) is 18.9 Å². The molecule has 1 aliphatic rings. The number of hydrogen-bond donors (Lipinski definition) is 1. The van der Waals surface area contributed by atoms with E-state index in [0.29, 0.717) is 24.3 Å². The van der Waals surface area contributed by atoms with E-state index in [1.807, 2.05) is 0 Å². The van der Waals surface area contributed by atoms with Crippen molar-refractivity contribution in [3.63, 3.8) is 0 Å². The summed E-state index contributed by atoms with van der Waals surface area (Å²) < 4.78 is 102. The van der Waals surface area contributed by atoms with Gasteiger partial charge in [0.2, 0.25) is 11.6 Å². The van der Waals surface area contributed by atoms with Crippen LogP contribution in [0, 0.1) is 0 Å². The Morgan fingerprint density at radius 1 is 0.674 bits per heavy atom. The molecular weight excluding hydrogens is 630 g/mol. The highest BCUT2D eigenvalue weighted by Gasteiger charge is 2.67. The maximum atomic E-state index is 13.8. The van der Waals surface area contributed by atoms with Crippen LogP contribution < -0.4 is 5.32 Å². The van der Waals surface area contributed by atoms with Crippen LogP contribution in [0.25, 0.3) is 0 Å². The zero-order valence-electron chi connectivity index (χ0n) is 25.2. The van der Waals surface area contributed by atoms with Gasteiger partial charge in [-0.3, -0.25) is 10.2 Å². The summed E-state index contributed by atoms with van der Waals surface area (Å²) in [6.07, 6.45) is -11.2. The summed E-state index contributed by atoms with van der Waals surface area (Å²) in [7, 11) is 0. The number of nitrogens with one attached hydrogen (secondary N) is 1. The molecule has 2 aromatic rings. The molecular formula is C30H32F6N2O8. The zero-order valence-corrected chi connectivity index (χ0v) is 25.2. The number of esters is 4. The second-order valence-electron chi connectivity index (χ2n) is 9.79. The number of halogens is 6. The van der Waals surface area contributed by atoms with E-state index in [9.17, 15) is 45.5 Å². The standard InChI is InChI=1S/C30H32F6N2O8/c1-5-43-24(39)21(25(40)44-6-2)38-22(17-9-13-19(14-10-17)29(31,32)33)28(26(41)45-7-3,27(42)46-8-4)37-23(38)18-11-15-20(16-12-18)30(34,35)36/h9-16,21-23,37H,5-8H2,1-4H3/t22-,23+/m1/s1. The third-order valence-electron chi connectivity index (χ3n) is 6.99. The van der Waals surface area contributed by atoms with E-state index in [2.05, 4.69) is 5.32 Å². The molecule has 2 atom stereocenters. The normalized spacial score (nSPS) is 18.2. The van der Waals surface area contributed by atoms with Gasteiger partial charge in [0.15, 0.2) is 0 Å². The first-order valence-corrected chi connectivity index (χ1v) is 14.1.